The molecule has 1 unspecified atom stereocenters. The van der Waals surface area contributed by atoms with E-state index >= 15 is 4.39 Å². The fourth-order valence-corrected chi connectivity index (χ4v) is 4.49. The molecule has 1 aromatic carbocycles. The summed E-state index contributed by atoms with van der Waals surface area (Å²) in [6.07, 6.45) is -3.22. The fraction of sp³-hybridized carbons (Fsp3) is 0.417. The number of ether oxygens (including phenoxy) is 2. The molecule has 0 aliphatic carbocycles. The molecule has 0 radical (unpaired) electrons. The van der Waals surface area contributed by atoms with Gasteiger partial charge in [-0.15, -0.1) is 16.4 Å². The Morgan fingerprint density at radius 2 is 2.11 bits per heavy atom. The number of aryl methyl sites for hydroxylation is 1. The Labute approximate surface area is 214 Å². The predicted octanol–water partition coefficient (Wildman–Crippen LogP) is 4.27. The van der Waals surface area contributed by atoms with Crippen molar-refractivity contribution in [2.24, 2.45) is 0 Å². The van der Waals surface area contributed by atoms with Crippen LogP contribution in [0.4, 0.5) is 17.6 Å². The summed E-state index contributed by atoms with van der Waals surface area (Å²) in [6, 6.07) is 3.81. The lowest BCUT2D eigenvalue weighted by atomic mass is 10.1. The number of thiazole rings is 1. The molecule has 37 heavy (non-hydrogen) atoms. The largest absolute Gasteiger partial charge is 0.491 e. The van der Waals surface area contributed by atoms with Gasteiger partial charge in [0.05, 0.1) is 29.5 Å². The second-order valence-electron chi connectivity index (χ2n) is 8.71. The first kappa shape index (κ1) is 26.9. The summed E-state index contributed by atoms with van der Waals surface area (Å²) in [5.41, 5.74) is -1.26. The first-order chi connectivity index (χ1) is 17.5. The van der Waals surface area contributed by atoms with E-state index in [0.717, 1.165) is 23.6 Å². The van der Waals surface area contributed by atoms with E-state index in [9.17, 15) is 18.0 Å². The number of nitrogens with zero attached hydrogens (tertiary/aromatic N) is 4. The molecule has 0 spiro atoms. The minimum Gasteiger partial charge on any atom is -0.491 e. The van der Waals surface area contributed by atoms with Crippen molar-refractivity contribution < 1.29 is 31.8 Å². The van der Waals surface area contributed by atoms with Crippen molar-refractivity contribution in [2.75, 3.05) is 33.4 Å². The molecule has 0 bridgehead atoms. The van der Waals surface area contributed by atoms with Crippen LogP contribution < -0.4 is 10.1 Å². The molecule has 0 saturated carbocycles. The van der Waals surface area contributed by atoms with E-state index in [1.54, 1.807) is 6.20 Å². The summed E-state index contributed by atoms with van der Waals surface area (Å²) in [5.74, 6) is -1.33. The van der Waals surface area contributed by atoms with Gasteiger partial charge in [-0.2, -0.15) is 18.3 Å². The van der Waals surface area contributed by atoms with E-state index in [-0.39, 0.29) is 35.3 Å². The number of amides is 1. The molecule has 3 heterocycles. The van der Waals surface area contributed by atoms with Gasteiger partial charge in [0, 0.05) is 24.2 Å². The Hall–Kier alpha value is -3.16. The first-order valence-electron chi connectivity index (χ1n) is 11.4. The number of hydrogen-bond acceptors (Lipinski definition) is 8. The number of carbonyl (C=O) groups excluding carboxylic acids is 1. The van der Waals surface area contributed by atoms with E-state index in [0.29, 0.717) is 18.2 Å². The fourth-order valence-electron chi connectivity index (χ4n) is 3.71. The van der Waals surface area contributed by atoms with Crippen LogP contribution in [0.1, 0.15) is 39.6 Å². The van der Waals surface area contributed by atoms with Gasteiger partial charge in [-0.05, 0) is 45.2 Å². The van der Waals surface area contributed by atoms with Crippen molar-refractivity contribution >= 4 is 17.2 Å². The molecule has 1 fully saturated rings. The van der Waals surface area contributed by atoms with Crippen LogP contribution in [0.2, 0.25) is 0 Å². The summed E-state index contributed by atoms with van der Waals surface area (Å²) in [5, 5.41) is 9.67. The number of alkyl halides is 3. The topological polar surface area (TPSA) is 89.5 Å². The van der Waals surface area contributed by atoms with Crippen molar-refractivity contribution in [1.29, 1.82) is 0 Å². The van der Waals surface area contributed by atoms with Crippen molar-refractivity contribution in [1.82, 2.24) is 25.4 Å². The summed E-state index contributed by atoms with van der Waals surface area (Å²) in [4.78, 5) is 20.3. The maximum atomic E-state index is 15.5. The summed E-state index contributed by atoms with van der Waals surface area (Å²) < 4.78 is 65.5. The number of hydrogen-bond donors (Lipinski definition) is 1. The van der Waals surface area contributed by atoms with E-state index in [4.69, 9.17) is 9.47 Å². The Bertz CT molecular complexity index is 1250. The van der Waals surface area contributed by atoms with Crippen molar-refractivity contribution in [3.05, 3.63) is 58.1 Å². The van der Waals surface area contributed by atoms with Gasteiger partial charge in [0.15, 0.2) is 5.69 Å². The minimum absolute atomic E-state index is 0.0866. The molecule has 8 nitrogen and oxygen atoms in total. The average molecular weight is 540 g/mol. The zero-order valence-electron chi connectivity index (χ0n) is 20.3. The third-order valence-electron chi connectivity index (χ3n) is 5.69. The number of carbonyl (C=O) groups is 1. The Morgan fingerprint density at radius 1 is 1.32 bits per heavy atom. The highest BCUT2D eigenvalue weighted by molar-refractivity contribution is 7.14. The van der Waals surface area contributed by atoms with Gasteiger partial charge in [0.1, 0.15) is 29.3 Å². The van der Waals surface area contributed by atoms with Gasteiger partial charge in [-0.1, -0.05) is 0 Å². The van der Waals surface area contributed by atoms with Crippen molar-refractivity contribution in [3.8, 4) is 16.3 Å². The quantitative estimate of drug-likeness (QED) is 0.449. The number of aromatic nitrogens is 3. The molecule has 2 aromatic heterocycles. The molecule has 1 aliphatic rings. The molecule has 1 aliphatic heterocycles. The number of nitrogens with one attached hydrogen (secondary N) is 1. The van der Waals surface area contributed by atoms with Gasteiger partial charge < -0.3 is 19.7 Å². The van der Waals surface area contributed by atoms with Crippen LogP contribution in [0, 0.1) is 12.7 Å². The maximum absolute atomic E-state index is 15.5. The molecule has 4 rings (SSSR count). The highest BCUT2D eigenvalue weighted by Crippen LogP contribution is 2.33. The van der Waals surface area contributed by atoms with Crippen LogP contribution in [-0.2, 0) is 10.9 Å². The molecule has 1 amide bonds. The average Bonchev–Trinajstić information content (AvgIpc) is 3.28. The lowest BCUT2D eigenvalue weighted by Gasteiger charge is -2.29. The van der Waals surface area contributed by atoms with Crippen LogP contribution in [0.3, 0.4) is 0 Å². The molecular formula is C24H25F4N5O3S. The third-order valence-corrected chi connectivity index (χ3v) is 6.63. The minimum atomic E-state index is -4.63. The number of rotatable bonds is 7. The van der Waals surface area contributed by atoms with Gasteiger partial charge in [0.2, 0.25) is 0 Å². The zero-order valence-corrected chi connectivity index (χ0v) is 21.1. The monoisotopic (exact) mass is 539 g/mol. The van der Waals surface area contributed by atoms with E-state index in [2.05, 4.69) is 25.4 Å². The zero-order chi connectivity index (χ0) is 26.7. The first-order valence-corrected chi connectivity index (χ1v) is 12.2. The summed E-state index contributed by atoms with van der Waals surface area (Å²) >= 11 is 1.26. The van der Waals surface area contributed by atoms with Crippen LogP contribution in [0.15, 0.2) is 30.5 Å². The van der Waals surface area contributed by atoms with Crippen LogP contribution >= 0.6 is 11.3 Å². The number of benzene rings is 1. The van der Waals surface area contributed by atoms with Crippen molar-refractivity contribution in [3.63, 3.8) is 0 Å². The SMILES string of the molecule is Cc1cnc(-c2cc(OC[C@H]3CN(C)CCO3)cc(C(=O)NC(C)c3ccc(C(F)(F)F)nn3)c2F)s1. The third kappa shape index (κ3) is 6.59. The Balaban J connectivity index is 1.57. The molecule has 1 saturated heterocycles. The Morgan fingerprint density at radius 3 is 2.73 bits per heavy atom. The van der Waals surface area contributed by atoms with Crippen molar-refractivity contribution in [2.45, 2.75) is 32.2 Å². The molecule has 1 N–H and O–H groups in total. The van der Waals surface area contributed by atoms with E-state index in [1.807, 2.05) is 14.0 Å². The summed E-state index contributed by atoms with van der Waals surface area (Å²) in [6.45, 7) is 5.58. The lowest BCUT2D eigenvalue weighted by molar-refractivity contribution is -0.141. The van der Waals surface area contributed by atoms with Gasteiger partial charge in [-0.25, -0.2) is 9.37 Å². The molecule has 198 valence electrons. The van der Waals surface area contributed by atoms with E-state index < -0.39 is 29.6 Å². The molecule has 2 atom stereocenters. The highest BCUT2D eigenvalue weighted by atomic mass is 32.1. The summed E-state index contributed by atoms with van der Waals surface area (Å²) in [7, 11) is 1.97. The van der Waals surface area contributed by atoms with Crippen LogP contribution in [0.5, 0.6) is 5.75 Å². The van der Waals surface area contributed by atoms with Gasteiger partial charge in [0.25, 0.3) is 5.91 Å². The molecule has 3 aromatic rings. The highest BCUT2D eigenvalue weighted by Gasteiger charge is 2.33. The second kappa shape index (κ2) is 11.1. The van der Waals surface area contributed by atoms with Crippen LogP contribution in [0.25, 0.3) is 10.6 Å². The standard InChI is InChI=1S/C24H25F4N5O3S/c1-13-10-29-23(37-13)18-9-15(36-12-16-11-33(3)6-7-35-16)8-17(21(18)25)22(34)30-14(2)19-4-5-20(32-31-19)24(26,27)28/h4-5,8-10,14,16H,6-7,11-12H2,1-3H3,(H,30,34)/t14?,16-/m1/s1. The Kier molecular flexibility index (Phi) is 8.05. The lowest BCUT2D eigenvalue weighted by Crippen LogP contribution is -2.42. The maximum Gasteiger partial charge on any atom is 0.435 e. The smallest absolute Gasteiger partial charge is 0.435 e. The van der Waals surface area contributed by atoms with Crippen LogP contribution in [-0.4, -0.2) is 65.4 Å². The normalized spacial score (nSPS) is 17.4. The number of morpholine rings is 1. The second-order valence-corrected chi connectivity index (χ2v) is 9.95. The molecular weight excluding hydrogens is 514 g/mol. The number of likely N-dealkylation sites (N-methyl/N-ethyl adjacent to an activating group) is 1. The molecule has 13 heteroatoms. The number of halogens is 4. The van der Waals surface area contributed by atoms with E-state index in [1.165, 1.54) is 30.4 Å². The van der Waals surface area contributed by atoms with Gasteiger partial charge in [-0.3, -0.25) is 4.79 Å². The predicted molar refractivity (Wildman–Crippen MR) is 128 cm³/mol. The van der Waals surface area contributed by atoms with Gasteiger partial charge >= 0.3 is 6.18 Å².